The SMILES string of the molecule is CCC(Cl)C(Cl)(Cl)C(Cl)(Cl)C(N)(Cl)Cl. The molecule has 0 spiro atoms. The highest BCUT2D eigenvalue weighted by Crippen LogP contribution is 2.55. The van der Waals surface area contributed by atoms with E-state index in [-0.39, 0.29) is 0 Å². The molecule has 8 heteroatoms. The molecule has 1 unspecified atom stereocenters. The summed E-state index contributed by atoms with van der Waals surface area (Å²) in [6, 6.07) is 0. The molecule has 0 aromatic rings. The van der Waals surface area contributed by atoms with Crippen LogP contribution in [0.5, 0.6) is 0 Å². The summed E-state index contributed by atoms with van der Waals surface area (Å²) in [6.07, 6.45) is 0.430. The zero-order valence-corrected chi connectivity index (χ0v) is 12.3. The van der Waals surface area contributed by atoms with Crippen molar-refractivity contribution in [2.45, 2.75) is 31.8 Å². The van der Waals surface area contributed by atoms with Crippen molar-refractivity contribution in [1.82, 2.24) is 0 Å². The number of halogens is 7. The van der Waals surface area contributed by atoms with Crippen LogP contribution in [0.1, 0.15) is 13.3 Å². The molecule has 0 rings (SSSR count). The molecule has 0 aromatic carbocycles. The normalized spacial score (nSPS) is 16.9. The number of alkyl halides is 7. The van der Waals surface area contributed by atoms with Crippen molar-refractivity contribution in [1.29, 1.82) is 0 Å². The smallest absolute Gasteiger partial charge is 0.202 e. The molecule has 0 saturated heterocycles. The Hall–Kier alpha value is 1.99. The van der Waals surface area contributed by atoms with Gasteiger partial charge in [-0.1, -0.05) is 76.5 Å². The molecule has 1 nitrogen and oxygen atoms in total. The number of nitrogens with two attached hydrogens (primary N) is 1. The minimum absolute atomic E-state index is 0.430. The summed E-state index contributed by atoms with van der Waals surface area (Å²) in [5.41, 5.74) is 5.33. The summed E-state index contributed by atoms with van der Waals surface area (Å²) in [5, 5.41) is -0.735. The van der Waals surface area contributed by atoms with Crippen LogP contribution in [0.2, 0.25) is 0 Å². The second-order valence-electron chi connectivity index (χ2n) is 2.70. The maximum atomic E-state index is 5.88. The van der Waals surface area contributed by atoms with E-state index in [1.807, 2.05) is 0 Å². The Morgan fingerprint density at radius 2 is 1.43 bits per heavy atom. The van der Waals surface area contributed by atoms with Gasteiger partial charge in [0.25, 0.3) is 0 Å². The van der Waals surface area contributed by atoms with Crippen molar-refractivity contribution in [2.75, 3.05) is 0 Å². The second kappa shape index (κ2) is 5.10. The van der Waals surface area contributed by atoms with Crippen LogP contribution >= 0.6 is 81.2 Å². The van der Waals surface area contributed by atoms with E-state index in [2.05, 4.69) is 0 Å². The lowest BCUT2D eigenvalue weighted by Crippen LogP contribution is -2.58. The predicted molar refractivity (Wildman–Crippen MR) is 67.4 cm³/mol. The average molecular weight is 342 g/mol. The van der Waals surface area contributed by atoms with Crippen molar-refractivity contribution in [3.8, 4) is 0 Å². The second-order valence-corrected chi connectivity index (χ2v) is 7.32. The fraction of sp³-hybridized carbons (Fsp3) is 1.00. The Bertz CT molecular complexity index is 197. The molecule has 0 saturated carbocycles. The van der Waals surface area contributed by atoms with Crippen LogP contribution in [0.3, 0.4) is 0 Å². The lowest BCUT2D eigenvalue weighted by atomic mass is 10.1. The van der Waals surface area contributed by atoms with Gasteiger partial charge in [0.1, 0.15) is 0 Å². The standard InChI is InChI=1S/C6H8Cl7N/c1-2-3(7)4(8,9)5(10,11)6(12,13)14/h3H,2,14H2,1H3. The number of hydrogen-bond donors (Lipinski definition) is 1. The Labute approximate surface area is 118 Å². The van der Waals surface area contributed by atoms with Crippen LogP contribution in [0.4, 0.5) is 0 Å². The lowest BCUT2D eigenvalue weighted by Gasteiger charge is -2.40. The first kappa shape index (κ1) is 16.0. The zero-order chi connectivity index (χ0) is 11.8. The summed E-state index contributed by atoms with van der Waals surface area (Å²) in [5.74, 6) is 0. The number of hydrogen-bond acceptors (Lipinski definition) is 1. The number of rotatable bonds is 4. The van der Waals surface area contributed by atoms with Gasteiger partial charge < -0.3 is 0 Å². The molecule has 1 atom stereocenters. The molecule has 0 amide bonds. The highest BCUT2D eigenvalue weighted by Gasteiger charge is 2.61. The zero-order valence-electron chi connectivity index (χ0n) is 7.01. The first-order valence-corrected chi connectivity index (χ1v) is 6.25. The highest BCUT2D eigenvalue weighted by molar-refractivity contribution is 6.70. The average Bonchev–Trinajstić information content (AvgIpc) is 2.00. The van der Waals surface area contributed by atoms with Crippen molar-refractivity contribution in [3.05, 3.63) is 0 Å². The lowest BCUT2D eigenvalue weighted by molar-refractivity contribution is 0.556. The van der Waals surface area contributed by atoms with Gasteiger partial charge in [0, 0.05) is 0 Å². The van der Waals surface area contributed by atoms with Crippen LogP contribution in [-0.4, -0.2) is 18.5 Å². The van der Waals surface area contributed by atoms with Gasteiger partial charge in [0.15, 0.2) is 8.67 Å². The molecule has 0 aliphatic rings. The van der Waals surface area contributed by atoms with Crippen LogP contribution in [-0.2, 0) is 0 Å². The molecule has 0 bridgehead atoms. The monoisotopic (exact) mass is 339 g/mol. The summed E-state index contributed by atoms with van der Waals surface area (Å²) in [4.78, 5) is 0. The van der Waals surface area contributed by atoms with E-state index < -0.39 is 18.5 Å². The van der Waals surface area contributed by atoms with Gasteiger partial charge in [-0.15, -0.1) is 11.6 Å². The molecule has 14 heavy (non-hydrogen) atoms. The van der Waals surface area contributed by atoms with Gasteiger partial charge in [0.2, 0.25) is 4.46 Å². The molecule has 0 heterocycles. The van der Waals surface area contributed by atoms with Gasteiger partial charge in [0.05, 0.1) is 5.38 Å². The van der Waals surface area contributed by atoms with E-state index in [0.29, 0.717) is 6.42 Å². The Morgan fingerprint density at radius 1 is 1.07 bits per heavy atom. The van der Waals surface area contributed by atoms with Gasteiger partial charge in [-0.25, -0.2) is 0 Å². The quantitative estimate of drug-likeness (QED) is 0.593. The van der Waals surface area contributed by atoms with Crippen LogP contribution in [0.15, 0.2) is 0 Å². The van der Waals surface area contributed by atoms with E-state index in [4.69, 9.17) is 86.9 Å². The van der Waals surface area contributed by atoms with Gasteiger partial charge >= 0.3 is 0 Å². The maximum absolute atomic E-state index is 5.88. The Morgan fingerprint density at radius 3 is 1.64 bits per heavy atom. The Balaban J connectivity index is 5.07. The van der Waals surface area contributed by atoms with Crippen molar-refractivity contribution in [3.63, 3.8) is 0 Å². The maximum Gasteiger partial charge on any atom is 0.202 e. The molecular formula is C6H8Cl7N. The first-order valence-electron chi connectivity index (χ1n) is 3.54. The van der Waals surface area contributed by atoms with Gasteiger partial charge in [-0.2, -0.15) is 0 Å². The Kier molecular flexibility index (Phi) is 5.82. The van der Waals surface area contributed by atoms with E-state index >= 15 is 0 Å². The van der Waals surface area contributed by atoms with Crippen LogP contribution in [0, 0.1) is 0 Å². The van der Waals surface area contributed by atoms with Crippen molar-refractivity contribution < 1.29 is 0 Å². The molecule has 0 aliphatic carbocycles. The van der Waals surface area contributed by atoms with E-state index in [9.17, 15) is 0 Å². The third kappa shape index (κ3) is 3.01. The summed E-state index contributed by atoms with van der Waals surface area (Å²) in [6.45, 7) is 1.75. The molecule has 0 aliphatic heterocycles. The fourth-order valence-electron chi connectivity index (χ4n) is 0.675. The fourth-order valence-corrected chi connectivity index (χ4v) is 2.31. The summed E-state index contributed by atoms with van der Waals surface area (Å²) < 4.78 is -5.76. The highest BCUT2D eigenvalue weighted by atomic mass is 35.5. The minimum atomic E-state index is -2.01. The van der Waals surface area contributed by atoms with Gasteiger partial charge in [-0.05, 0) is 6.42 Å². The van der Waals surface area contributed by atoms with E-state index in [1.54, 1.807) is 6.92 Å². The largest absolute Gasteiger partial charge is 0.298 e. The van der Waals surface area contributed by atoms with E-state index in [0.717, 1.165) is 0 Å². The molecular weight excluding hydrogens is 334 g/mol. The van der Waals surface area contributed by atoms with Crippen molar-refractivity contribution in [2.24, 2.45) is 5.73 Å². The third-order valence-corrected chi connectivity index (χ3v) is 6.08. The molecule has 0 fully saturated rings. The predicted octanol–water partition coefficient (Wildman–Crippen LogP) is 4.44. The summed E-state index contributed by atoms with van der Waals surface area (Å²) in [7, 11) is 0. The molecule has 86 valence electrons. The summed E-state index contributed by atoms with van der Waals surface area (Å²) >= 11 is 40.3. The first-order chi connectivity index (χ1) is 5.98. The molecule has 0 radical (unpaired) electrons. The van der Waals surface area contributed by atoms with Gasteiger partial charge in [-0.3, -0.25) is 5.73 Å². The minimum Gasteiger partial charge on any atom is -0.298 e. The van der Waals surface area contributed by atoms with E-state index in [1.165, 1.54) is 0 Å². The third-order valence-electron chi connectivity index (χ3n) is 1.59. The van der Waals surface area contributed by atoms with Crippen LogP contribution in [0.25, 0.3) is 0 Å². The molecule has 2 N–H and O–H groups in total. The molecule has 0 aromatic heterocycles. The topological polar surface area (TPSA) is 26.0 Å². The van der Waals surface area contributed by atoms with Crippen molar-refractivity contribution >= 4 is 81.2 Å². The van der Waals surface area contributed by atoms with Crippen LogP contribution < -0.4 is 5.73 Å².